The highest BCUT2D eigenvalue weighted by molar-refractivity contribution is 8.00. The lowest BCUT2D eigenvalue weighted by Gasteiger charge is -2.15. The zero-order chi connectivity index (χ0) is 13.7. The molecule has 2 unspecified atom stereocenters. The van der Waals surface area contributed by atoms with Gasteiger partial charge in [0.15, 0.2) is 0 Å². The molecular weight excluding hydrogens is 250 g/mol. The van der Waals surface area contributed by atoms with Crippen molar-refractivity contribution in [2.75, 3.05) is 12.3 Å². The molecule has 4 nitrogen and oxygen atoms in total. The predicted molar refractivity (Wildman–Crippen MR) is 73.8 cm³/mol. The van der Waals surface area contributed by atoms with E-state index in [9.17, 15) is 9.90 Å². The minimum absolute atomic E-state index is 0.00439. The highest BCUT2D eigenvalue weighted by atomic mass is 32.2. The monoisotopic (exact) mass is 269 g/mol. The van der Waals surface area contributed by atoms with E-state index in [1.54, 1.807) is 32.0 Å². The Morgan fingerprint density at radius 3 is 2.72 bits per heavy atom. The van der Waals surface area contributed by atoms with Gasteiger partial charge in [-0.3, -0.25) is 0 Å². The molecule has 0 radical (unpaired) electrons. The van der Waals surface area contributed by atoms with Crippen LogP contribution in [0.3, 0.4) is 0 Å². The highest BCUT2D eigenvalue weighted by Crippen LogP contribution is 2.31. The Hall–Kier alpha value is -1.20. The number of rotatable bonds is 5. The lowest BCUT2D eigenvalue weighted by Crippen LogP contribution is -2.15. The van der Waals surface area contributed by atoms with Gasteiger partial charge in [0.1, 0.15) is 0 Å². The quantitative estimate of drug-likeness (QED) is 0.487. The fourth-order valence-corrected chi connectivity index (χ4v) is 2.27. The van der Waals surface area contributed by atoms with Crippen LogP contribution in [0.5, 0.6) is 0 Å². The van der Waals surface area contributed by atoms with Crippen LogP contribution in [0.1, 0.15) is 31.1 Å². The molecule has 2 atom stereocenters. The third-order valence-electron chi connectivity index (χ3n) is 2.52. The summed E-state index contributed by atoms with van der Waals surface area (Å²) in [4.78, 5) is 12.4. The van der Waals surface area contributed by atoms with Crippen LogP contribution < -0.4 is 5.73 Å². The molecule has 0 saturated carbocycles. The summed E-state index contributed by atoms with van der Waals surface area (Å²) in [7, 11) is 0. The first-order chi connectivity index (χ1) is 8.45. The molecule has 0 aromatic heterocycles. The van der Waals surface area contributed by atoms with Gasteiger partial charge in [-0.15, -0.1) is 11.8 Å². The summed E-state index contributed by atoms with van der Waals surface area (Å²) in [5, 5.41) is 9.49. The van der Waals surface area contributed by atoms with Crippen LogP contribution in [-0.2, 0) is 4.74 Å². The van der Waals surface area contributed by atoms with Gasteiger partial charge in [-0.2, -0.15) is 0 Å². The van der Waals surface area contributed by atoms with Crippen molar-refractivity contribution in [2.24, 2.45) is 0 Å². The standard InChI is InChI=1S/C13H19NO3S/c1-4-17-13(16)10-5-6-11(14)12(7-10)18-9(3)8(2)15/h5-9,15H,4,14H2,1-3H3. The van der Waals surface area contributed by atoms with Crippen LogP contribution in [0.2, 0.25) is 0 Å². The van der Waals surface area contributed by atoms with E-state index in [0.29, 0.717) is 17.9 Å². The van der Waals surface area contributed by atoms with Crippen LogP contribution in [0.15, 0.2) is 23.1 Å². The third-order valence-corrected chi connectivity index (χ3v) is 3.89. The van der Waals surface area contributed by atoms with E-state index in [2.05, 4.69) is 0 Å². The van der Waals surface area contributed by atoms with Gasteiger partial charge < -0.3 is 15.6 Å². The van der Waals surface area contributed by atoms with Gasteiger partial charge in [0.05, 0.1) is 18.3 Å². The lowest BCUT2D eigenvalue weighted by atomic mass is 10.2. The van der Waals surface area contributed by atoms with Crippen molar-refractivity contribution in [3.63, 3.8) is 0 Å². The zero-order valence-electron chi connectivity index (χ0n) is 10.8. The summed E-state index contributed by atoms with van der Waals surface area (Å²) >= 11 is 1.45. The molecule has 3 N–H and O–H groups in total. The normalized spacial score (nSPS) is 14.0. The van der Waals surface area contributed by atoms with Crippen LogP contribution in [0, 0.1) is 0 Å². The van der Waals surface area contributed by atoms with Crippen molar-refractivity contribution >= 4 is 23.4 Å². The number of aliphatic hydroxyl groups excluding tert-OH is 1. The van der Waals surface area contributed by atoms with Gasteiger partial charge in [0, 0.05) is 15.8 Å². The van der Waals surface area contributed by atoms with E-state index in [-0.39, 0.29) is 11.2 Å². The number of esters is 1. The van der Waals surface area contributed by atoms with E-state index in [1.807, 2.05) is 6.92 Å². The summed E-state index contributed by atoms with van der Waals surface area (Å²) in [5.41, 5.74) is 6.93. The van der Waals surface area contributed by atoms with E-state index in [0.717, 1.165) is 4.90 Å². The zero-order valence-corrected chi connectivity index (χ0v) is 11.7. The molecular formula is C13H19NO3S. The van der Waals surface area contributed by atoms with Crippen LogP contribution in [0.4, 0.5) is 5.69 Å². The first-order valence-corrected chi connectivity index (χ1v) is 6.75. The lowest BCUT2D eigenvalue weighted by molar-refractivity contribution is 0.0526. The Balaban J connectivity index is 2.91. The van der Waals surface area contributed by atoms with Gasteiger partial charge in [0.25, 0.3) is 0 Å². The Labute approximate surface area is 112 Å². The number of ether oxygens (including phenoxy) is 1. The second-order valence-electron chi connectivity index (χ2n) is 4.04. The van der Waals surface area contributed by atoms with Crippen molar-refractivity contribution in [3.8, 4) is 0 Å². The van der Waals surface area contributed by atoms with Gasteiger partial charge in [-0.05, 0) is 32.0 Å². The summed E-state index contributed by atoms with van der Waals surface area (Å²) in [6, 6.07) is 5.03. The van der Waals surface area contributed by atoms with E-state index < -0.39 is 6.10 Å². The minimum Gasteiger partial charge on any atom is -0.462 e. The SMILES string of the molecule is CCOC(=O)c1ccc(N)c(SC(C)C(C)O)c1. The van der Waals surface area contributed by atoms with Crippen molar-refractivity contribution in [3.05, 3.63) is 23.8 Å². The van der Waals surface area contributed by atoms with Gasteiger partial charge >= 0.3 is 5.97 Å². The summed E-state index contributed by atoms with van der Waals surface area (Å²) in [6.45, 7) is 5.74. The molecule has 1 aromatic rings. The molecule has 0 spiro atoms. The van der Waals surface area contributed by atoms with Gasteiger partial charge in [-0.25, -0.2) is 4.79 Å². The molecule has 18 heavy (non-hydrogen) atoms. The van der Waals surface area contributed by atoms with Crippen molar-refractivity contribution in [2.45, 2.75) is 37.0 Å². The number of hydrogen-bond donors (Lipinski definition) is 2. The fourth-order valence-electron chi connectivity index (χ4n) is 1.28. The second kappa shape index (κ2) is 6.66. The molecule has 0 bridgehead atoms. The molecule has 0 aliphatic rings. The Bertz CT molecular complexity index is 421. The van der Waals surface area contributed by atoms with Crippen molar-refractivity contribution in [1.29, 1.82) is 0 Å². The maximum absolute atomic E-state index is 11.6. The maximum atomic E-state index is 11.6. The molecule has 0 fully saturated rings. The largest absolute Gasteiger partial charge is 0.462 e. The number of thioether (sulfide) groups is 1. The molecule has 0 amide bonds. The third kappa shape index (κ3) is 3.92. The molecule has 5 heteroatoms. The smallest absolute Gasteiger partial charge is 0.338 e. The van der Waals surface area contributed by atoms with Crippen LogP contribution >= 0.6 is 11.8 Å². The van der Waals surface area contributed by atoms with Crippen LogP contribution in [0.25, 0.3) is 0 Å². The number of hydrogen-bond acceptors (Lipinski definition) is 5. The Morgan fingerprint density at radius 2 is 2.17 bits per heavy atom. The summed E-state index contributed by atoms with van der Waals surface area (Å²) in [5.74, 6) is -0.357. The minimum atomic E-state index is -0.444. The van der Waals surface area contributed by atoms with E-state index >= 15 is 0 Å². The summed E-state index contributed by atoms with van der Waals surface area (Å²) in [6.07, 6.45) is -0.444. The fraction of sp³-hybridized carbons (Fsp3) is 0.462. The van der Waals surface area contributed by atoms with Crippen molar-refractivity contribution in [1.82, 2.24) is 0 Å². The summed E-state index contributed by atoms with van der Waals surface area (Å²) < 4.78 is 4.94. The predicted octanol–water partition coefficient (Wildman–Crippen LogP) is 2.31. The molecule has 0 aliphatic heterocycles. The van der Waals surface area contributed by atoms with E-state index in [1.165, 1.54) is 11.8 Å². The van der Waals surface area contributed by atoms with Crippen molar-refractivity contribution < 1.29 is 14.6 Å². The van der Waals surface area contributed by atoms with Gasteiger partial charge in [-0.1, -0.05) is 6.92 Å². The number of nitrogen functional groups attached to an aromatic ring is 1. The number of carbonyl (C=O) groups excluding carboxylic acids is 1. The Kier molecular flexibility index (Phi) is 5.50. The van der Waals surface area contributed by atoms with E-state index in [4.69, 9.17) is 10.5 Å². The highest BCUT2D eigenvalue weighted by Gasteiger charge is 2.14. The maximum Gasteiger partial charge on any atom is 0.338 e. The molecule has 100 valence electrons. The number of benzene rings is 1. The molecule has 1 aromatic carbocycles. The van der Waals surface area contributed by atoms with Gasteiger partial charge in [0.2, 0.25) is 0 Å². The first kappa shape index (κ1) is 14.9. The second-order valence-corrected chi connectivity index (χ2v) is 5.46. The average molecular weight is 269 g/mol. The molecule has 0 saturated heterocycles. The topological polar surface area (TPSA) is 72.5 Å². The Morgan fingerprint density at radius 1 is 1.50 bits per heavy atom. The number of nitrogens with two attached hydrogens (primary N) is 1. The number of carbonyl (C=O) groups is 1. The first-order valence-electron chi connectivity index (χ1n) is 5.87. The molecule has 0 heterocycles. The molecule has 0 aliphatic carbocycles. The number of anilines is 1. The average Bonchev–Trinajstić information content (AvgIpc) is 2.31. The van der Waals surface area contributed by atoms with Crippen LogP contribution in [-0.4, -0.2) is 29.0 Å². The number of aliphatic hydroxyl groups is 1. The molecule has 1 rings (SSSR count).